The van der Waals surface area contributed by atoms with Gasteiger partial charge in [0.25, 0.3) is 0 Å². The first-order valence-corrected chi connectivity index (χ1v) is 6.39. The fourth-order valence-electron chi connectivity index (χ4n) is 1.98. The Morgan fingerprint density at radius 3 is 2.88 bits per heavy atom. The van der Waals surface area contributed by atoms with Crippen LogP contribution in [0, 0.1) is 0 Å². The van der Waals surface area contributed by atoms with Crippen molar-refractivity contribution in [2.75, 3.05) is 6.61 Å². The van der Waals surface area contributed by atoms with Crippen molar-refractivity contribution >= 4 is 0 Å². The number of benzene rings is 1. The van der Waals surface area contributed by atoms with Gasteiger partial charge >= 0.3 is 0 Å². The van der Waals surface area contributed by atoms with Crippen LogP contribution in [0.2, 0.25) is 0 Å². The van der Waals surface area contributed by atoms with Gasteiger partial charge in [-0.25, -0.2) is 0 Å². The lowest BCUT2D eigenvalue weighted by atomic mass is 9.94. The van der Waals surface area contributed by atoms with Crippen molar-refractivity contribution in [2.24, 2.45) is 0 Å². The van der Waals surface area contributed by atoms with Crippen LogP contribution in [0.4, 0.5) is 0 Å². The van der Waals surface area contributed by atoms with E-state index in [9.17, 15) is 0 Å². The minimum atomic E-state index is -0.0863. The molecule has 1 aromatic carbocycles. The smallest absolute Gasteiger partial charge is 0.199 e. The van der Waals surface area contributed by atoms with Crippen LogP contribution in [0.1, 0.15) is 37.7 Å². The van der Waals surface area contributed by atoms with Crippen molar-refractivity contribution in [2.45, 2.75) is 38.4 Å². The molecule has 2 rings (SSSR count). The molecule has 2 heteroatoms. The monoisotopic (exact) mass is 232 g/mol. The number of allylic oxidation sites excluding steroid dienone is 1. The van der Waals surface area contributed by atoms with Gasteiger partial charge in [-0.2, -0.15) is 0 Å². The Hall–Kier alpha value is -1.28. The van der Waals surface area contributed by atoms with Crippen molar-refractivity contribution in [3.05, 3.63) is 48.2 Å². The second-order valence-electron chi connectivity index (χ2n) is 4.37. The molecule has 0 saturated carbocycles. The summed E-state index contributed by atoms with van der Waals surface area (Å²) in [6.07, 6.45) is 6.96. The van der Waals surface area contributed by atoms with Crippen LogP contribution in [-0.2, 0) is 9.47 Å². The first-order valence-electron chi connectivity index (χ1n) is 6.39. The second-order valence-corrected chi connectivity index (χ2v) is 4.37. The predicted molar refractivity (Wildman–Crippen MR) is 68.7 cm³/mol. The zero-order valence-electron chi connectivity index (χ0n) is 10.3. The SMILES string of the molecule is CCCCO[C@H]1C[C@@H](c2ccccc2)C=CO1. The molecule has 1 aliphatic heterocycles. The zero-order valence-corrected chi connectivity index (χ0v) is 10.3. The molecule has 0 bridgehead atoms. The Morgan fingerprint density at radius 1 is 1.29 bits per heavy atom. The number of hydrogen-bond donors (Lipinski definition) is 0. The molecule has 0 amide bonds. The zero-order chi connectivity index (χ0) is 11.9. The first kappa shape index (κ1) is 12.2. The van der Waals surface area contributed by atoms with Crippen molar-refractivity contribution in [3.8, 4) is 0 Å². The van der Waals surface area contributed by atoms with Crippen molar-refractivity contribution in [1.82, 2.24) is 0 Å². The Bertz CT molecular complexity index is 345. The van der Waals surface area contributed by atoms with E-state index in [4.69, 9.17) is 9.47 Å². The lowest BCUT2D eigenvalue weighted by molar-refractivity contribution is -0.118. The van der Waals surface area contributed by atoms with Crippen LogP contribution in [0.3, 0.4) is 0 Å². The van der Waals surface area contributed by atoms with Crippen LogP contribution < -0.4 is 0 Å². The minimum absolute atomic E-state index is 0.0863. The average molecular weight is 232 g/mol. The molecule has 0 radical (unpaired) electrons. The number of hydrogen-bond acceptors (Lipinski definition) is 2. The van der Waals surface area contributed by atoms with Crippen LogP contribution in [0.25, 0.3) is 0 Å². The molecule has 0 aromatic heterocycles. The maximum absolute atomic E-state index is 5.70. The molecule has 0 saturated heterocycles. The molecule has 0 fully saturated rings. The summed E-state index contributed by atoms with van der Waals surface area (Å²) in [4.78, 5) is 0. The van der Waals surface area contributed by atoms with Gasteiger partial charge in [0.05, 0.1) is 12.9 Å². The lowest BCUT2D eigenvalue weighted by Crippen LogP contribution is -2.21. The molecule has 1 heterocycles. The highest BCUT2D eigenvalue weighted by Gasteiger charge is 2.20. The summed E-state index contributed by atoms with van der Waals surface area (Å²) < 4.78 is 11.2. The van der Waals surface area contributed by atoms with Gasteiger partial charge in [-0.05, 0) is 18.1 Å². The number of ether oxygens (including phenoxy) is 2. The van der Waals surface area contributed by atoms with Crippen molar-refractivity contribution in [1.29, 1.82) is 0 Å². The Balaban J connectivity index is 1.89. The molecule has 0 spiro atoms. The van der Waals surface area contributed by atoms with E-state index in [1.165, 1.54) is 5.56 Å². The molecule has 0 N–H and O–H groups in total. The van der Waals surface area contributed by atoms with Gasteiger partial charge in [-0.3, -0.25) is 0 Å². The summed E-state index contributed by atoms with van der Waals surface area (Å²) >= 11 is 0. The molecule has 1 aliphatic rings. The van der Waals surface area contributed by atoms with E-state index in [-0.39, 0.29) is 6.29 Å². The summed E-state index contributed by atoms with van der Waals surface area (Å²) in [7, 11) is 0. The minimum Gasteiger partial charge on any atom is -0.473 e. The van der Waals surface area contributed by atoms with Crippen LogP contribution in [0.15, 0.2) is 42.7 Å². The quantitative estimate of drug-likeness (QED) is 0.718. The maximum atomic E-state index is 5.70. The summed E-state index contributed by atoms with van der Waals surface area (Å²) in [5, 5.41) is 0. The topological polar surface area (TPSA) is 18.5 Å². The van der Waals surface area contributed by atoms with E-state index in [0.717, 1.165) is 25.9 Å². The molecule has 1 aromatic rings. The molecule has 2 atom stereocenters. The van der Waals surface area contributed by atoms with Crippen LogP contribution in [0.5, 0.6) is 0 Å². The maximum Gasteiger partial charge on any atom is 0.199 e. The highest BCUT2D eigenvalue weighted by Crippen LogP contribution is 2.27. The highest BCUT2D eigenvalue weighted by atomic mass is 16.7. The molecule has 0 unspecified atom stereocenters. The molecular formula is C15H20O2. The summed E-state index contributed by atoms with van der Waals surface area (Å²) in [6.45, 7) is 2.95. The third kappa shape index (κ3) is 3.60. The Kier molecular flexibility index (Phi) is 4.63. The molecule has 92 valence electrons. The fourth-order valence-corrected chi connectivity index (χ4v) is 1.98. The normalized spacial score (nSPS) is 23.4. The van der Waals surface area contributed by atoms with Crippen LogP contribution in [-0.4, -0.2) is 12.9 Å². The van der Waals surface area contributed by atoms with E-state index in [2.05, 4.69) is 37.3 Å². The van der Waals surface area contributed by atoms with Gasteiger partial charge in [0.15, 0.2) is 6.29 Å². The number of rotatable bonds is 5. The summed E-state index contributed by atoms with van der Waals surface area (Å²) in [6, 6.07) is 10.5. The molecule has 2 nitrogen and oxygen atoms in total. The van der Waals surface area contributed by atoms with Crippen molar-refractivity contribution in [3.63, 3.8) is 0 Å². The fraction of sp³-hybridized carbons (Fsp3) is 0.467. The van der Waals surface area contributed by atoms with E-state index in [0.29, 0.717) is 5.92 Å². The van der Waals surface area contributed by atoms with Gasteiger partial charge in [-0.1, -0.05) is 43.7 Å². The third-order valence-electron chi connectivity index (χ3n) is 3.02. The average Bonchev–Trinajstić information content (AvgIpc) is 2.41. The highest BCUT2D eigenvalue weighted by molar-refractivity contribution is 5.24. The van der Waals surface area contributed by atoms with E-state index in [1.807, 2.05) is 6.07 Å². The molecule has 17 heavy (non-hydrogen) atoms. The Morgan fingerprint density at radius 2 is 2.12 bits per heavy atom. The van der Waals surface area contributed by atoms with Crippen molar-refractivity contribution < 1.29 is 9.47 Å². The standard InChI is InChI=1S/C15H20O2/c1-2-3-10-16-15-12-14(9-11-17-15)13-7-5-4-6-8-13/h4-9,11,14-15H,2-3,10,12H2,1H3/t14-,15+/m0/s1. The molecular weight excluding hydrogens is 212 g/mol. The Labute approximate surface area is 103 Å². The first-order chi connectivity index (χ1) is 8.40. The van der Waals surface area contributed by atoms with Crippen LogP contribution >= 0.6 is 0 Å². The van der Waals surface area contributed by atoms with Gasteiger partial charge in [0.1, 0.15) is 0 Å². The number of unbranched alkanes of at least 4 members (excludes halogenated alkanes) is 1. The predicted octanol–water partition coefficient (Wildman–Crippen LogP) is 3.85. The van der Waals surface area contributed by atoms with E-state index >= 15 is 0 Å². The van der Waals surface area contributed by atoms with Gasteiger partial charge in [0.2, 0.25) is 0 Å². The van der Waals surface area contributed by atoms with E-state index in [1.54, 1.807) is 6.26 Å². The second kappa shape index (κ2) is 6.45. The lowest BCUT2D eigenvalue weighted by Gasteiger charge is -2.25. The van der Waals surface area contributed by atoms with Gasteiger partial charge < -0.3 is 9.47 Å². The molecule has 0 aliphatic carbocycles. The third-order valence-corrected chi connectivity index (χ3v) is 3.02. The largest absolute Gasteiger partial charge is 0.473 e. The van der Waals surface area contributed by atoms with Gasteiger partial charge in [-0.15, -0.1) is 0 Å². The van der Waals surface area contributed by atoms with E-state index < -0.39 is 0 Å². The summed E-state index contributed by atoms with van der Waals surface area (Å²) in [5.41, 5.74) is 1.33. The van der Waals surface area contributed by atoms with Gasteiger partial charge in [0, 0.05) is 12.3 Å². The summed E-state index contributed by atoms with van der Waals surface area (Å²) in [5.74, 6) is 0.413.